The molecule has 0 aliphatic heterocycles. The minimum Gasteiger partial charge on any atom is -0.436 e. The van der Waals surface area contributed by atoms with Gasteiger partial charge in [-0.05, 0) is 71.8 Å². The number of nitrogens with zero attached hydrogens (tertiary/aromatic N) is 4. The molecule has 7 rings (SSSR count). The van der Waals surface area contributed by atoms with Gasteiger partial charge < -0.3 is 8.83 Å². The van der Waals surface area contributed by atoms with Gasteiger partial charge in [-0.25, -0.2) is 9.97 Å². The van der Waals surface area contributed by atoms with E-state index in [2.05, 4.69) is 20.0 Å². The van der Waals surface area contributed by atoms with Gasteiger partial charge in [-0.1, -0.05) is 71.7 Å². The van der Waals surface area contributed by atoms with Crippen molar-refractivity contribution in [3.63, 3.8) is 0 Å². The number of hydrogen-bond acceptors (Lipinski definition) is 6. The standard InChI is InChI=1S/C34H20Cl2N4O2/c35-27-15-13-23(17-25(27)33-39-29-5-1-3-7-31(29)41-33)37-19-21-9-11-22(12-10-21)20-38-24-14-16-28(36)26(18-24)34-40-30-6-2-4-8-32(30)42-34/h1-20H. The van der Waals surface area contributed by atoms with E-state index in [-0.39, 0.29) is 0 Å². The molecule has 0 fully saturated rings. The first-order chi connectivity index (χ1) is 20.6. The van der Waals surface area contributed by atoms with Gasteiger partial charge in [0.1, 0.15) is 11.0 Å². The Kier molecular flexibility index (Phi) is 6.84. The fourth-order valence-electron chi connectivity index (χ4n) is 4.46. The van der Waals surface area contributed by atoms with Crippen molar-refractivity contribution >= 4 is 69.2 Å². The van der Waals surface area contributed by atoms with E-state index in [0.717, 1.165) is 33.5 Å². The van der Waals surface area contributed by atoms with Crippen LogP contribution in [0.5, 0.6) is 0 Å². The first kappa shape index (κ1) is 25.9. The zero-order valence-corrected chi connectivity index (χ0v) is 23.4. The molecule has 0 aliphatic carbocycles. The lowest BCUT2D eigenvalue weighted by molar-refractivity contribution is 0.619. The normalized spacial score (nSPS) is 11.9. The summed E-state index contributed by atoms with van der Waals surface area (Å²) >= 11 is 12.9. The Morgan fingerprint density at radius 1 is 0.524 bits per heavy atom. The summed E-state index contributed by atoms with van der Waals surface area (Å²) in [6.45, 7) is 0. The highest BCUT2D eigenvalue weighted by molar-refractivity contribution is 6.33. The van der Waals surface area contributed by atoms with Crippen molar-refractivity contribution in [3.05, 3.63) is 130 Å². The molecule has 0 spiro atoms. The molecule has 0 amide bonds. The fraction of sp³-hybridized carbons (Fsp3) is 0. The summed E-state index contributed by atoms with van der Waals surface area (Å²) in [5, 5.41) is 1.09. The van der Waals surface area contributed by atoms with Crippen LogP contribution in [0.1, 0.15) is 11.1 Å². The monoisotopic (exact) mass is 586 g/mol. The fourth-order valence-corrected chi connectivity index (χ4v) is 4.85. The molecule has 6 nitrogen and oxygen atoms in total. The summed E-state index contributed by atoms with van der Waals surface area (Å²) in [6.07, 6.45) is 3.59. The molecule has 8 heteroatoms. The second-order valence-corrected chi connectivity index (χ2v) is 10.3. The lowest BCUT2D eigenvalue weighted by Crippen LogP contribution is -1.85. The molecule has 0 saturated heterocycles. The lowest BCUT2D eigenvalue weighted by Gasteiger charge is -2.02. The van der Waals surface area contributed by atoms with Crippen molar-refractivity contribution in [1.82, 2.24) is 9.97 Å². The van der Waals surface area contributed by atoms with Crippen LogP contribution in [0.15, 0.2) is 128 Å². The van der Waals surface area contributed by atoms with Crippen LogP contribution in [0.2, 0.25) is 10.0 Å². The molecule has 5 aromatic carbocycles. The maximum absolute atomic E-state index is 6.45. The summed E-state index contributed by atoms with van der Waals surface area (Å²) in [4.78, 5) is 18.4. The van der Waals surface area contributed by atoms with E-state index in [1.54, 1.807) is 24.6 Å². The summed E-state index contributed by atoms with van der Waals surface area (Å²) in [6, 6.07) is 34.2. The third-order valence-corrected chi connectivity index (χ3v) is 7.27. The number of halogens is 2. The molecule has 0 saturated carbocycles. The van der Waals surface area contributed by atoms with E-state index in [1.807, 2.05) is 97.1 Å². The molecule has 42 heavy (non-hydrogen) atoms. The van der Waals surface area contributed by atoms with Crippen molar-refractivity contribution in [2.45, 2.75) is 0 Å². The molecule has 0 radical (unpaired) electrons. The average molecular weight is 587 g/mol. The summed E-state index contributed by atoms with van der Waals surface area (Å²) in [5.74, 6) is 0.923. The molecule has 2 aromatic heterocycles. The molecule has 2 heterocycles. The predicted octanol–water partition coefficient (Wildman–Crippen LogP) is 10.1. The smallest absolute Gasteiger partial charge is 0.228 e. The predicted molar refractivity (Wildman–Crippen MR) is 170 cm³/mol. The molecular weight excluding hydrogens is 567 g/mol. The highest BCUT2D eigenvalue weighted by Crippen LogP contribution is 2.34. The molecule has 202 valence electrons. The molecule has 0 bridgehead atoms. The molecule has 0 atom stereocenters. The van der Waals surface area contributed by atoms with E-state index in [1.165, 1.54) is 0 Å². The molecule has 0 unspecified atom stereocenters. The number of benzene rings is 5. The Morgan fingerprint density at radius 2 is 0.952 bits per heavy atom. The highest BCUT2D eigenvalue weighted by atomic mass is 35.5. The second kappa shape index (κ2) is 11.1. The Bertz CT molecular complexity index is 1910. The number of hydrogen-bond donors (Lipinski definition) is 0. The maximum atomic E-state index is 6.45. The minimum absolute atomic E-state index is 0.462. The summed E-state index contributed by atoms with van der Waals surface area (Å²) in [5.41, 5.74) is 7.71. The van der Waals surface area contributed by atoms with Gasteiger partial charge in [0.2, 0.25) is 11.8 Å². The SMILES string of the molecule is Clc1ccc(N=Cc2ccc(C=Nc3ccc(Cl)c(-c4nc5ccccc5o4)c3)cc2)cc1-c1nc2ccccc2o1. The zero-order chi connectivity index (χ0) is 28.5. The largest absolute Gasteiger partial charge is 0.436 e. The zero-order valence-electron chi connectivity index (χ0n) is 21.9. The topological polar surface area (TPSA) is 76.8 Å². The third-order valence-electron chi connectivity index (χ3n) is 6.61. The first-order valence-corrected chi connectivity index (χ1v) is 13.8. The van der Waals surface area contributed by atoms with E-state index >= 15 is 0 Å². The number of fused-ring (bicyclic) bond motifs is 2. The van der Waals surface area contributed by atoms with Crippen molar-refractivity contribution in [1.29, 1.82) is 0 Å². The number of para-hydroxylation sites is 4. The maximum Gasteiger partial charge on any atom is 0.228 e. The number of oxazole rings is 2. The second-order valence-electron chi connectivity index (χ2n) is 9.48. The van der Waals surface area contributed by atoms with Crippen molar-refractivity contribution in [3.8, 4) is 22.9 Å². The Balaban J connectivity index is 1.07. The van der Waals surface area contributed by atoms with Crippen LogP contribution in [-0.2, 0) is 0 Å². The molecule has 7 aromatic rings. The highest BCUT2D eigenvalue weighted by Gasteiger charge is 2.13. The van der Waals surface area contributed by atoms with Crippen LogP contribution in [0, 0.1) is 0 Å². The van der Waals surface area contributed by atoms with Gasteiger partial charge in [-0.3, -0.25) is 9.98 Å². The van der Waals surface area contributed by atoms with Crippen molar-refractivity contribution < 1.29 is 8.83 Å². The van der Waals surface area contributed by atoms with Crippen LogP contribution >= 0.6 is 23.2 Å². The number of rotatable bonds is 6. The summed E-state index contributed by atoms with van der Waals surface area (Å²) in [7, 11) is 0. The third kappa shape index (κ3) is 5.33. The Labute approximate surface area is 250 Å². The quantitative estimate of drug-likeness (QED) is 0.181. The van der Waals surface area contributed by atoms with Gasteiger partial charge in [-0.15, -0.1) is 0 Å². The van der Waals surface area contributed by atoms with E-state index < -0.39 is 0 Å². The van der Waals surface area contributed by atoms with Crippen LogP contribution in [0.4, 0.5) is 11.4 Å². The Hall–Kier alpha value is -5.04. The van der Waals surface area contributed by atoms with E-state index in [4.69, 9.17) is 32.0 Å². The average Bonchev–Trinajstić information content (AvgIpc) is 3.65. The first-order valence-electron chi connectivity index (χ1n) is 13.1. The summed E-state index contributed by atoms with van der Waals surface area (Å²) < 4.78 is 11.8. The van der Waals surface area contributed by atoms with Crippen LogP contribution < -0.4 is 0 Å². The van der Waals surface area contributed by atoms with Crippen molar-refractivity contribution in [2.75, 3.05) is 0 Å². The molecular formula is C34H20Cl2N4O2. The minimum atomic E-state index is 0.462. The van der Waals surface area contributed by atoms with E-state index in [9.17, 15) is 0 Å². The number of aromatic nitrogens is 2. The molecule has 0 aliphatic rings. The Morgan fingerprint density at radius 3 is 1.38 bits per heavy atom. The van der Waals surface area contributed by atoms with Gasteiger partial charge in [0.05, 0.1) is 32.5 Å². The molecule has 0 N–H and O–H groups in total. The lowest BCUT2D eigenvalue weighted by atomic mass is 10.1. The van der Waals surface area contributed by atoms with Crippen LogP contribution in [-0.4, -0.2) is 22.4 Å². The number of aliphatic imine (C=N–C) groups is 2. The van der Waals surface area contributed by atoms with Gasteiger partial charge in [0.15, 0.2) is 11.2 Å². The van der Waals surface area contributed by atoms with Crippen LogP contribution in [0.25, 0.3) is 45.1 Å². The van der Waals surface area contributed by atoms with Gasteiger partial charge in [0, 0.05) is 12.4 Å². The van der Waals surface area contributed by atoms with Crippen molar-refractivity contribution in [2.24, 2.45) is 9.98 Å². The van der Waals surface area contributed by atoms with E-state index in [0.29, 0.717) is 44.1 Å². The van der Waals surface area contributed by atoms with Gasteiger partial charge >= 0.3 is 0 Å². The van der Waals surface area contributed by atoms with Gasteiger partial charge in [-0.2, -0.15) is 0 Å². The van der Waals surface area contributed by atoms with Gasteiger partial charge in [0.25, 0.3) is 0 Å². The van der Waals surface area contributed by atoms with Crippen LogP contribution in [0.3, 0.4) is 0 Å².